The van der Waals surface area contributed by atoms with Crippen LogP contribution in [0.5, 0.6) is 0 Å². The van der Waals surface area contributed by atoms with Crippen LogP contribution in [0.25, 0.3) is 6.08 Å². The molecule has 0 N–H and O–H groups in total. The first-order chi connectivity index (χ1) is 8.36. The van der Waals surface area contributed by atoms with Gasteiger partial charge in [0.25, 0.3) is 0 Å². The molecule has 1 heteroatoms. The van der Waals surface area contributed by atoms with Gasteiger partial charge in [-0.15, -0.1) is 0 Å². The van der Waals surface area contributed by atoms with Gasteiger partial charge in [0.05, 0.1) is 6.07 Å². The standard InChI is InChI=1S/C16H15N/c1-2-3-5-9-16(12-8-13-17)14-15-10-6-4-7-11-15/h2-12,14H,1H3. The highest BCUT2D eigenvalue weighted by molar-refractivity contribution is 5.59. The number of nitriles is 1. The van der Waals surface area contributed by atoms with Crippen molar-refractivity contribution in [1.82, 2.24) is 0 Å². The number of benzene rings is 1. The molecule has 17 heavy (non-hydrogen) atoms. The third-order valence-corrected chi connectivity index (χ3v) is 2.08. The second-order valence-electron chi connectivity index (χ2n) is 3.40. The van der Waals surface area contributed by atoms with E-state index >= 15 is 0 Å². The predicted molar refractivity (Wildman–Crippen MR) is 73.1 cm³/mol. The summed E-state index contributed by atoms with van der Waals surface area (Å²) in [6.45, 7) is 1.97. The second-order valence-corrected chi connectivity index (χ2v) is 3.40. The fourth-order valence-corrected chi connectivity index (χ4v) is 1.30. The van der Waals surface area contributed by atoms with Crippen molar-refractivity contribution >= 4 is 6.08 Å². The molecule has 0 aliphatic carbocycles. The zero-order valence-electron chi connectivity index (χ0n) is 9.88. The van der Waals surface area contributed by atoms with E-state index in [0.29, 0.717) is 0 Å². The Morgan fingerprint density at radius 2 is 1.88 bits per heavy atom. The monoisotopic (exact) mass is 221 g/mol. The fraction of sp³-hybridized carbons (Fsp3) is 0.0625. The Hall–Kier alpha value is -2.33. The molecule has 0 fully saturated rings. The summed E-state index contributed by atoms with van der Waals surface area (Å²) in [5, 5.41) is 8.55. The average molecular weight is 221 g/mol. The van der Waals surface area contributed by atoms with Crippen molar-refractivity contribution in [2.45, 2.75) is 6.92 Å². The second kappa shape index (κ2) is 7.90. The van der Waals surface area contributed by atoms with E-state index in [1.807, 2.05) is 73.7 Å². The minimum absolute atomic E-state index is 0.996. The highest BCUT2D eigenvalue weighted by Crippen LogP contribution is 2.09. The molecule has 84 valence electrons. The fourth-order valence-electron chi connectivity index (χ4n) is 1.30. The van der Waals surface area contributed by atoms with Crippen molar-refractivity contribution in [3.05, 3.63) is 77.9 Å². The Morgan fingerprint density at radius 1 is 1.12 bits per heavy atom. The smallest absolute Gasteiger partial charge is 0.0912 e. The van der Waals surface area contributed by atoms with Crippen molar-refractivity contribution in [3.63, 3.8) is 0 Å². The average Bonchev–Trinajstić information content (AvgIpc) is 2.37. The van der Waals surface area contributed by atoms with E-state index in [2.05, 4.69) is 0 Å². The first-order valence-corrected chi connectivity index (χ1v) is 5.49. The molecular formula is C16H15N. The lowest BCUT2D eigenvalue weighted by Crippen LogP contribution is -1.74. The summed E-state index contributed by atoms with van der Waals surface area (Å²) in [6, 6.07) is 12.0. The van der Waals surface area contributed by atoms with E-state index in [4.69, 9.17) is 5.26 Å². The third-order valence-electron chi connectivity index (χ3n) is 2.08. The Kier molecular flexibility index (Phi) is 5.92. The Labute approximate surface area is 103 Å². The lowest BCUT2D eigenvalue weighted by Gasteiger charge is -1.95. The maximum Gasteiger partial charge on any atom is 0.0912 e. The van der Waals surface area contributed by atoms with Gasteiger partial charge in [0.1, 0.15) is 0 Å². The zero-order chi connectivity index (χ0) is 12.3. The number of hydrogen-bond acceptors (Lipinski definition) is 1. The summed E-state index contributed by atoms with van der Waals surface area (Å²) in [5.41, 5.74) is 2.12. The first kappa shape index (κ1) is 12.7. The molecule has 0 saturated carbocycles. The highest BCUT2D eigenvalue weighted by Gasteiger charge is 1.88. The van der Waals surface area contributed by atoms with Crippen LogP contribution in [0.15, 0.2) is 72.4 Å². The van der Waals surface area contributed by atoms with Crippen LogP contribution in [0.3, 0.4) is 0 Å². The molecule has 0 aromatic heterocycles. The van der Waals surface area contributed by atoms with E-state index < -0.39 is 0 Å². The largest absolute Gasteiger partial charge is 0.193 e. The molecule has 0 bridgehead atoms. The van der Waals surface area contributed by atoms with Gasteiger partial charge in [-0.05, 0) is 30.2 Å². The minimum atomic E-state index is 0.996. The molecule has 0 unspecified atom stereocenters. The normalized spacial score (nSPS) is 12.6. The zero-order valence-corrected chi connectivity index (χ0v) is 9.88. The van der Waals surface area contributed by atoms with Gasteiger partial charge in [-0.1, -0.05) is 54.6 Å². The molecule has 1 aromatic rings. The number of rotatable bonds is 4. The predicted octanol–water partition coefficient (Wildman–Crippen LogP) is 4.28. The van der Waals surface area contributed by atoms with Crippen LogP contribution in [0.1, 0.15) is 12.5 Å². The van der Waals surface area contributed by atoms with Gasteiger partial charge in [-0.3, -0.25) is 0 Å². The molecule has 1 rings (SSSR count). The summed E-state index contributed by atoms with van der Waals surface area (Å²) in [7, 11) is 0. The van der Waals surface area contributed by atoms with Crippen LogP contribution in [-0.2, 0) is 0 Å². The van der Waals surface area contributed by atoms with E-state index in [1.54, 1.807) is 6.08 Å². The van der Waals surface area contributed by atoms with E-state index in [-0.39, 0.29) is 0 Å². The maximum absolute atomic E-state index is 8.55. The molecular weight excluding hydrogens is 206 g/mol. The molecule has 0 aliphatic heterocycles. The maximum atomic E-state index is 8.55. The number of allylic oxidation sites excluding steroid dienone is 7. The molecule has 1 nitrogen and oxygen atoms in total. The third kappa shape index (κ3) is 5.34. The Morgan fingerprint density at radius 3 is 2.53 bits per heavy atom. The lowest BCUT2D eigenvalue weighted by atomic mass is 10.1. The van der Waals surface area contributed by atoms with Crippen LogP contribution in [0.4, 0.5) is 0 Å². The SMILES string of the molecule is CC=CC=CC(C=CC#N)=Cc1ccccc1. The van der Waals surface area contributed by atoms with Crippen LogP contribution in [0, 0.1) is 11.3 Å². The number of nitrogens with zero attached hydrogens (tertiary/aromatic N) is 1. The lowest BCUT2D eigenvalue weighted by molar-refractivity contribution is 1.53. The summed E-state index contributed by atoms with van der Waals surface area (Å²) in [5.74, 6) is 0. The van der Waals surface area contributed by atoms with Crippen LogP contribution in [0.2, 0.25) is 0 Å². The van der Waals surface area contributed by atoms with Gasteiger partial charge in [0, 0.05) is 6.08 Å². The van der Waals surface area contributed by atoms with Gasteiger partial charge >= 0.3 is 0 Å². The molecule has 0 amide bonds. The summed E-state index contributed by atoms with van der Waals surface area (Å²) in [4.78, 5) is 0. The number of hydrogen-bond donors (Lipinski definition) is 0. The molecule has 0 radical (unpaired) electrons. The minimum Gasteiger partial charge on any atom is -0.193 e. The van der Waals surface area contributed by atoms with Gasteiger partial charge in [-0.25, -0.2) is 0 Å². The molecule has 0 saturated heterocycles. The molecule has 0 heterocycles. The van der Waals surface area contributed by atoms with E-state index in [0.717, 1.165) is 11.1 Å². The van der Waals surface area contributed by atoms with Gasteiger partial charge in [0.2, 0.25) is 0 Å². The highest BCUT2D eigenvalue weighted by atomic mass is 14.2. The summed E-state index contributed by atoms with van der Waals surface area (Å²) in [6.07, 6.45) is 13.2. The summed E-state index contributed by atoms with van der Waals surface area (Å²) >= 11 is 0. The van der Waals surface area contributed by atoms with Crippen LogP contribution in [-0.4, -0.2) is 0 Å². The Balaban J connectivity index is 2.94. The van der Waals surface area contributed by atoms with Crippen molar-refractivity contribution in [3.8, 4) is 6.07 Å². The Bertz CT molecular complexity index is 482. The topological polar surface area (TPSA) is 23.8 Å². The van der Waals surface area contributed by atoms with Gasteiger partial charge in [0.15, 0.2) is 0 Å². The van der Waals surface area contributed by atoms with Gasteiger partial charge in [-0.2, -0.15) is 5.26 Å². The quantitative estimate of drug-likeness (QED) is 0.550. The molecule has 1 aromatic carbocycles. The van der Waals surface area contributed by atoms with Crippen molar-refractivity contribution < 1.29 is 0 Å². The van der Waals surface area contributed by atoms with E-state index in [9.17, 15) is 0 Å². The summed E-state index contributed by atoms with van der Waals surface area (Å²) < 4.78 is 0. The van der Waals surface area contributed by atoms with Crippen molar-refractivity contribution in [1.29, 1.82) is 5.26 Å². The van der Waals surface area contributed by atoms with Crippen LogP contribution >= 0.6 is 0 Å². The van der Waals surface area contributed by atoms with Crippen molar-refractivity contribution in [2.75, 3.05) is 0 Å². The molecule has 0 atom stereocenters. The van der Waals surface area contributed by atoms with E-state index in [1.165, 1.54) is 6.08 Å². The van der Waals surface area contributed by atoms with Crippen LogP contribution < -0.4 is 0 Å². The molecule has 0 spiro atoms. The van der Waals surface area contributed by atoms with Crippen molar-refractivity contribution in [2.24, 2.45) is 0 Å². The molecule has 0 aliphatic rings. The van der Waals surface area contributed by atoms with Gasteiger partial charge < -0.3 is 0 Å². The first-order valence-electron chi connectivity index (χ1n) is 5.49.